The van der Waals surface area contributed by atoms with Crippen molar-refractivity contribution in [3.8, 4) is 23.0 Å². The van der Waals surface area contributed by atoms with Gasteiger partial charge in [0.1, 0.15) is 26.4 Å². The van der Waals surface area contributed by atoms with Crippen molar-refractivity contribution in [3.05, 3.63) is 42.5 Å². The van der Waals surface area contributed by atoms with Crippen LogP contribution in [0.1, 0.15) is 13.8 Å². The zero-order valence-corrected chi connectivity index (χ0v) is 19.8. The number of hydrogen-bond donors (Lipinski definition) is 1. The van der Waals surface area contributed by atoms with Crippen LogP contribution in [-0.2, 0) is 18.6 Å². The average Bonchev–Trinajstić information content (AvgIpc) is 2.77. The van der Waals surface area contributed by atoms with E-state index in [-0.39, 0.29) is 18.5 Å². The van der Waals surface area contributed by atoms with Crippen molar-refractivity contribution < 1.29 is 42.4 Å². The Hall–Kier alpha value is -2.29. The van der Waals surface area contributed by atoms with Crippen molar-refractivity contribution >= 4 is 12.9 Å². The minimum Gasteiger partial charge on any atom is -0.487 e. The number of benzene rings is 2. The second kappa shape index (κ2) is 12.8. The van der Waals surface area contributed by atoms with E-state index in [0.29, 0.717) is 62.6 Å². The van der Waals surface area contributed by atoms with Crippen LogP contribution in [0.3, 0.4) is 0 Å². The van der Waals surface area contributed by atoms with E-state index < -0.39 is 13.7 Å². The van der Waals surface area contributed by atoms with Crippen LogP contribution >= 0.6 is 7.60 Å². The zero-order chi connectivity index (χ0) is 23.5. The Morgan fingerprint density at radius 2 is 1.18 bits per heavy atom. The maximum absolute atomic E-state index is 12.6. The lowest BCUT2D eigenvalue weighted by Crippen LogP contribution is -2.16. The molecule has 1 aliphatic rings. The molecular formula is C23H31O9P. The molecule has 33 heavy (non-hydrogen) atoms. The van der Waals surface area contributed by atoms with Crippen LogP contribution in [-0.4, -0.2) is 63.9 Å². The quantitative estimate of drug-likeness (QED) is 0.661. The number of para-hydroxylation sites is 2. The Bertz CT molecular complexity index is 919. The molecular weight excluding hydrogens is 451 g/mol. The van der Waals surface area contributed by atoms with Crippen LogP contribution in [0.25, 0.3) is 0 Å². The van der Waals surface area contributed by atoms with Gasteiger partial charge in [0.05, 0.1) is 37.8 Å². The molecule has 2 aromatic carbocycles. The summed E-state index contributed by atoms with van der Waals surface area (Å²) in [6.07, 6.45) is -0.406. The van der Waals surface area contributed by atoms with E-state index in [4.69, 9.17) is 32.9 Å². The van der Waals surface area contributed by atoms with Crippen LogP contribution in [0.15, 0.2) is 42.5 Å². The summed E-state index contributed by atoms with van der Waals surface area (Å²) in [5.41, 5.74) is 0. The zero-order valence-electron chi connectivity index (χ0n) is 18.9. The van der Waals surface area contributed by atoms with Crippen molar-refractivity contribution in [2.24, 2.45) is 0 Å². The van der Waals surface area contributed by atoms with E-state index in [0.717, 1.165) is 0 Å². The van der Waals surface area contributed by atoms with Gasteiger partial charge >= 0.3 is 7.60 Å². The largest absolute Gasteiger partial charge is 0.487 e. The second-order valence-electron chi connectivity index (χ2n) is 7.37. The van der Waals surface area contributed by atoms with Crippen LogP contribution in [0, 0.1) is 0 Å². The Labute approximate surface area is 194 Å². The van der Waals surface area contributed by atoms with Crippen LogP contribution in [0.5, 0.6) is 23.0 Å². The summed E-state index contributed by atoms with van der Waals surface area (Å²) in [5.74, 6) is 2.04. The summed E-state index contributed by atoms with van der Waals surface area (Å²) in [6, 6.07) is 12.0. The van der Waals surface area contributed by atoms with Crippen molar-refractivity contribution in [2.75, 3.05) is 52.9 Å². The molecule has 182 valence electrons. The van der Waals surface area contributed by atoms with Gasteiger partial charge < -0.3 is 37.8 Å². The smallest absolute Gasteiger partial charge is 0.359 e. The molecule has 10 heteroatoms. The fourth-order valence-electron chi connectivity index (χ4n) is 2.99. The number of ether oxygens (including phenoxy) is 6. The van der Waals surface area contributed by atoms with Gasteiger partial charge in [-0.1, -0.05) is 12.1 Å². The molecule has 1 unspecified atom stereocenters. The fourth-order valence-corrected chi connectivity index (χ4v) is 4.22. The normalized spacial score (nSPS) is 18.1. The Balaban J connectivity index is 1.66. The fraction of sp³-hybridized carbons (Fsp3) is 0.478. The number of rotatable bonds is 3. The van der Waals surface area contributed by atoms with Crippen LogP contribution < -0.4 is 24.3 Å². The number of fused-ring (bicyclic) bond motifs is 2. The summed E-state index contributed by atoms with van der Waals surface area (Å²) >= 11 is 0. The molecule has 0 saturated heterocycles. The SMILES string of the molecule is CC(C)OP(=O)(O)c1ccc2c(c1)OCCOCCOc1ccccc1OCCOCCO2. The molecule has 9 nitrogen and oxygen atoms in total. The van der Waals surface area contributed by atoms with Crippen molar-refractivity contribution in [1.82, 2.24) is 0 Å². The van der Waals surface area contributed by atoms with E-state index >= 15 is 0 Å². The maximum atomic E-state index is 12.6. The van der Waals surface area contributed by atoms with Gasteiger partial charge in [-0.3, -0.25) is 4.57 Å². The first-order chi connectivity index (χ1) is 16.0. The van der Waals surface area contributed by atoms with Crippen molar-refractivity contribution in [3.63, 3.8) is 0 Å². The minimum atomic E-state index is -3.99. The van der Waals surface area contributed by atoms with E-state index in [1.54, 1.807) is 19.9 Å². The first kappa shape index (κ1) is 25.3. The number of hydrogen-bond acceptors (Lipinski definition) is 8. The van der Waals surface area contributed by atoms with E-state index in [1.165, 1.54) is 12.1 Å². The Morgan fingerprint density at radius 1 is 0.727 bits per heavy atom. The Morgan fingerprint density at radius 3 is 1.67 bits per heavy atom. The molecule has 0 fully saturated rings. The van der Waals surface area contributed by atoms with E-state index in [1.807, 2.05) is 24.3 Å². The summed E-state index contributed by atoms with van der Waals surface area (Å²) in [5, 5.41) is 0.127. The summed E-state index contributed by atoms with van der Waals surface area (Å²) in [7, 11) is -3.99. The molecule has 0 spiro atoms. The summed E-state index contributed by atoms with van der Waals surface area (Å²) in [6.45, 7) is 5.96. The first-order valence-electron chi connectivity index (χ1n) is 10.9. The lowest BCUT2D eigenvalue weighted by molar-refractivity contribution is 0.0640. The Kier molecular flexibility index (Phi) is 9.84. The predicted molar refractivity (Wildman–Crippen MR) is 122 cm³/mol. The summed E-state index contributed by atoms with van der Waals surface area (Å²) < 4.78 is 52.0. The lowest BCUT2D eigenvalue weighted by Gasteiger charge is -2.18. The molecule has 0 aliphatic carbocycles. The highest BCUT2D eigenvalue weighted by Crippen LogP contribution is 2.44. The standard InChI is InChI=1S/C23H31O9P/c1-18(2)32-33(24,25)19-7-8-22-23(17-19)31-16-12-27-10-14-29-21-6-4-3-5-20(21)28-13-9-26-11-15-30-22/h3-8,17-18H,9-16H2,1-2H3,(H,24,25). The van der Waals surface area contributed by atoms with Gasteiger partial charge in [-0.25, -0.2) is 0 Å². The molecule has 0 amide bonds. The van der Waals surface area contributed by atoms with E-state index in [2.05, 4.69) is 0 Å². The molecule has 1 N–H and O–H groups in total. The third-order valence-electron chi connectivity index (χ3n) is 4.40. The van der Waals surface area contributed by atoms with Crippen LogP contribution in [0.2, 0.25) is 0 Å². The molecule has 1 atom stereocenters. The molecule has 1 aliphatic heterocycles. The highest BCUT2D eigenvalue weighted by atomic mass is 31.2. The monoisotopic (exact) mass is 482 g/mol. The predicted octanol–water partition coefficient (Wildman–Crippen LogP) is 3.18. The third kappa shape index (κ3) is 8.21. The molecule has 0 radical (unpaired) electrons. The molecule has 2 aromatic rings. The third-order valence-corrected chi connectivity index (χ3v) is 6.04. The van der Waals surface area contributed by atoms with Gasteiger partial charge in [-0.2, -0.15) is 0 Å². The average molecular weight is 482 g/mol. The van der Waals surface area contributed by atoms with Gasteiger partial charge in [0.25, 0.3) is 0 Å². The molecule has 0 saturated carbocycles. The van der Waals surface area contributed by atoms with E-state index in [9.17, 15) is 9.46 Å². The van der Waals surface area contributed by atoms with Gasteiger partial charge in [0.15, 0.2) is 23.0 Å². The van der Waals surface area contributed by atoms with Crippen molar-refractivity contribution in [1.29, 1.82) is 0 Å². The first-order valence-corrected chi connectivity index (χ1v) is 12.4. The molecule has 1 heterocycles. The second-order valence-corrected chi connectivity index (χ2v) is 9.14. The highest BCUT2D eigenvalue weighted by Gasteiger charge is 2.26. The van der Waals surface area contributed by atoms with Gasteiger partial charge in [-0.05, 0) is 44.2 Å². The van der Waals surface area contributed by atoms with Gasteiger partial charge in [0, 0.05) is 0 Å². The summed E-state index contributed by atoms with van der Waals surface area (Å²) in [4.78, 5) is 10.3. The minimum absolute atomic E-state index is 0.127. The lowest BCUT2D eigenvalue weighted by atomic mass is 10.3. The van der Waals surface area contributed by atoms with Crippen molar-refractivity contribution in [2.45, 2.75) is 20.0 Å². The van der Waals surface area contributed by atoms with Crippen LogP contribution in [0.4, 0.5) is 0 Å². The maximum Gasteiger partial charge on any atom is 0.359 e. The highest BCUT2D eigenvalue weighted by molar-refractivity contribution is 7.61. The molecule has 0 aromatic heterocycles. The molecule has 0 bridgehead atoms. The van der Waals surface area contributed by atoms with Gasteiger partial charge in [-0.15, -0.1) is 0 Å². The topological polar surface area (TPSA) is 102 Å². The molecule has 3 rings (SSSR count). The van der Waals surface area contributed by atoms with Gasteiger partial charge in [0.2, 0.25) is 0 Å².